The molecule has 1 amide bonds. The van der Waals surface area contributed by atoms with E-state index in [1.54, 1.807) is 6.21 Å². The van der Waals surface area contributed by atoms with Crippen molar-refractivity contribution in [3.63, 3.8) is 0 Å². The standard InChI is InChI=1S/C30H24ClN5O2S/c31-25-14-16-26(17-15-25)36-29(24-11-5-2-6-12-24)34-35-30(36)39-21-28(37)33-32-19-23-10-7-13-27(18-23)38-20-22-8-3-1-4-9-22/h1-19H,20-21H2,(H,33,37)/b32-19-. The lowest BCUT2D eigenvalue weighted by Gasteiger charge is -2.10. The molecule has 0 atom stereocenters. The zero-order valence-electron chi connectivity index (χ0n) is 20.8. The summed E-state index contributed by atoms with van der Waals surface area (Å²) in [5, 5.41) is 14.1. The molecule has 0 spiro atoms. The van der Waals surface area contributed by atoms with Crippen LogP contribution in [0.4, 0.5) is 0 Å². The zero-order valence-corrected chi connectivity index (χ0v) is 22.3. The van der Waals surface area contributed by atoms with Gasteiger partial charge in [-0.05, 0) is 47.5 Å². The molecule has 5 aromatic rings. The van der Waals surface area contributed by atoms with Crippen LogP contribution in [0.1, 0.15) is 11.1 Å². The van der Waals surface area contributed by atoms with Crippen LogP contribution in [0.15, 0.2) is 119 Å². The number of halogens is 1. The van der Waals surface area contributed by atoms with E-state index in [4.69, 9.17) is 16.3 Å². The summed E-state index contributed by atoms with van der Waals surface area (Å²) in [5.74, 6) is 1.24. The van der Waals surface area contributed by atoms with Gasteiger partial charge < -0.3 is 4.74 Å². The minimum absolute atomic E-state index is 0.109. The van der Waals surface area contributed by atoms with Crippen molar-refractivity contribution >= 4 is 35.5 Å². The number of ether oxygens (including phenoxy) is 1. The molecule has 0 radical (unpaired) electrons. The van der Waals surface area contributed by atoms with Crippen LogP contribution < -0.4 is 10.2 Å². The van der Waals surface area contributed by atoms with E-state index in [-0.39, 0.29) is 11.7 Å². The Morgan fingerprint density at radius 2 is 1.67 bits per heavy atom. The van der Waals surface area contributed by atoms with Crippen molar-refractivity contribution in [3.8, 4) is 22.8 Å². The number of rotatable bonds is 10. The molecule has 0 saturated heterocycles. The predicted octanol–water partition coefficient (Wildman–Crippen LogP) is 6.41. The second kappa shape index (κ2) is 12.9. The summed E-state index contributed by atoms with van der Waals surface area (Å²) in [6.45, 7) is 0.474. The summed E-state index contributed by atoms with van der Waals surface area (Å²) >= 11 is 7.37. The smallest absolute Gasteiger partial charge is 0.250 e. The average Bonchev–Trinajstić information content (AvgIpc) is 3.41. The topological polar surface area (TPSA) is 81.4 Å². The Morgan fingerprint density at radius 1 is 0.923 bits per heavy atom. The molecule has 0 aliphatic heterocycles. The first kappa shape index (κ1) is 26.2. The number of nitrogens with one attached hydrogen (secondary N) is 1. The summed E-state index contributed by atoms with van der Waals surface area (Å²) < 4.78 is 7.77. The molecule has 0 aliphatic carbocycles. The highest BCUT2D eigenvalue weighted by atomic mass is 35.5. The van der Waals surface area contributed by atoms with Crippen molar-refractivity contribution in [2.24, 2.45) is 5.10 Å². The maximum absolute atomic E-state index is 12.6. The van der Waals surface area contributed by atoms with Crippen molar-refractivity contribution in [2.45, 2.75) is 11.8 Å². The molecule has 194 valence electrons. The van der Waals surface area contributed by atoms with E-state index in [2.05, 4.69) is 20.7 Å². The number of nitrogens with zero attached hydrogens (tertiary/aromatic N) is 4. The van der Waals surface area contributed by atoms with Gasteiger partial charge in [0.1, 0.15) is 12.4 Å². The van der Waals surface area contributed by atoms with Crippen LogP contribution >= 0.6 is 23.4 Å². The summed E-state index contributed by atoms with van der Waals surface area (Å²) in [7, 11) is 0. The van der Waals surface area contributed by atoms with Crippen molar-refractivity contribution in [1.29, 1.82) is 0 Å². The molecule has 1 aromatic heterocycles. The number of amides is 1. The Morgan fingerprint density at radius 3 is 2.44 bits per heavy atom. The summed E-state index contributed by atoms with van der Waals surface area (Å²) in [6.07, 6.45) is 1.58. The summed E-state index contributed by atoms with van der Waals surface area (Å²) in [4.78, 5) is 12.6. The summed E-state index contributed by atoms with van der Waals surface area (Å²) in [6, 6.07) is 34.6. The number of hydrogen-bond donors (Lipinski definition) is 1. The molecular weight excluding hydrogens is 530 g/mol. The third-order valence-corrected chi connectivity index (χ3v) is 6.77. The lowest BCUT2D eigenvalue weighted by Crippen LogP contribution is -2.20. The van der Waals surface area contributed by atoms with E-state index in [9.17, 15) is 4.79 Å². The molecule has 0 saturated carbocycles. The van der Waals surface area contributed by atoms with E-state index < -0.39 is 0 Å². The fourth-order valence-electron chi connectivity index (χ4n) is 3.73. The first-order valence-electron chi connectivity index (χ1n) is 12.1. The molecule has 39 heavy (non-hydrogen) atoms. The number of carbonyl (C=O) groups excluding carboxylic acids is 1. The molecule has 0 aliphatic rings. The third kappa shape index (κ3) is 7.13. The fourth-order valence-corrected chi connectivity index (χ4v) is 4.60. The number of hydrazone groups is 1. The fraction of sp³-hybridized carbons (Fsp3) is 0.0667. The monoisotopic (exact) mass is 553 g/mol. The molecule has 0 unspecified atom stereocenters. The van der Waals surface area contributed by atoms with Gasteiger partial charge in [-0.25, -0.2) is 5.43 Å². The van der Waals surface area contributed by atoms with Crippen molar-refractivity contribution in [2.75, 3.05) is 5.75 Å². The Hall–Kier alpha value is -4.40. The van der Waals surface area contributed by atoms with Gasteiger partial charge in [0, 0.05) is 16.3 Å². The van der Waals surface area contributed by atoms with Gasteiger partial charge >= 0.3 is 0 Å². The lowest BCUT2D eigenvalue weighted by molar-refractivity contribution is -0.118. The highest BCUT2D eigenvalue weighted by molar-refractivity contribution is 7.99. The molecule has 9 heteroatoms. The number of benzene rings is 4. The zero-order chi connectivity index (χ0) is 26.9. The molecule has 0 bridgehead atoms. The Bertz CT molecular complexity index is 1560. The number of hydrogen-bond acceptors (Lipinski definition) is 6. The van der Waals surface area contributed by atoms with Crippen LogP contribution in [-0.4, -0.2) is 32.6 Å². The maximum atomic E-state index is 12.6. The van der Waals surface area contributed by atoms with E-state index in [1.165, 1.54) is 11.8 Å². The Labute approximate surface area is 235 Å². The van der Waals surface area contributed by atoms with Crippen LogP contribution in [0.5, 0.6) is 5.75 Å². The second-order valence-electron chi connectivity index (χ2n) is 8.41. The SMILES string of the molecule is O=C(CSc1nnc(-c2ccccc2)n1-c1ccc(Cl)cc1)N/N=C\c1cccc(OCc2ccccc2)c1. The van der Waals surface area contributed by atoms with Gasteiger partial charge in [-0.2, -0.15) is 5.10 Å². The van der Waals surface area contributed by atoms with Crippen LogP contribution in [0.2, 0.25) is 5.02 Å². The molecular formula is C30H24ClN5O2S. The van der Waals surface area contributed by atoms with Gasteiger partial charge in [-0.1, -0.05) is 96.2 Å². The minimum atomic E-state index is -0.264. The van der Waals surface area contributed by atoms with E-state index >= 15 is 0 Å². The Kier molecular flexibility index (Phi) is 8.68. The number of carbonyl (C=O) groups is 1. The van der Waals surface area contributed by atoms with Crippen LogP contribution in [0, 0.1) is 0 Å². The van der Waals surface area contributed by atoms with Gasteiger partial charge in [0.05, 0.1) is 12.0 Å². The minimum Gasteiger partial charge on any atom is -0.489 e. The molecule has 1 N–H and O–H groups in total. The maximum Gasteiger partial charge on any atom is 0.250 e. The van der Waals surface area contributed by atoms with E-state index in [1.807, 2.05) is 114 Å². The van der Waals surface area contributed by atoms with Gasteiger partial charge in [0.15, 0.2) is 11.0 Å². The van der Waals surface area contributed by atoms with E-state index in [0.29, 0.717) is 22.6 Å². The van der Waals surface area contributed by atoms with Crippen molar-refractivity contribution < 1.29 is 9.53 Å². The number of thioether (sulfide) groups is 1. The normalized spacial score (nSPS) is 11.0. The predicted molar refractivity (Wildman–Crippen MR) is 155 cm³/mol. The first-order chi connectivity index (χ1) is 19.2. The van der Waals surface area contributed by atoms with Gasteiger partial charge in [-0.3, -0.25) is 9.36 Å². The van der Waals surface area contributed by atoms with Gasteiger partial charge in [0.2, 0.25) is 0 Å². The number of aromatic nitrogens is 3. The molecule has 5 rings (SSSR count). The lowest BCUT2D eigenvalue weighted by atomic mass is 10.2. The summed E-state index contributed by atoms with van der Waals surface area (Å²) in [5.41, 5.74) is 6.23. The van der Waals surface area contributed by atoms with Crippen LogP contribution in [0.25, 0.3) is 17.1 Å². The average molecular weight is 554 g/mol. The molecule has 4 aromatic carbocycles. The second-order valence-corrected chi connectivity index (χ2v) is 9.79. The molecule has 0 fully saturated rings. The van der Waals surface area contributed by atoms with Gasteiger partial charge in [-0.15, -0.1) is 10.2 Å². The quantitative estimate of drug-likeness (QED) is 0.123. The van der Waals surface area contributed by atoms with Crippen molar-refractivity contribution in [3.05, 3.63) is 125 Å². The Balaban J connectivity index is 1.21. The molecule has 1 heterocycles. The largest absolute Gasteiger partial charge is 0.489 e. The third-order valence-electron chi connectivity index (χ3n) is 5.59. The highest BCUT2D eigenvalue weighted by Crippen LogP contribution is 2.28. The van der Waals surface area contributed by atoms with Crippen LogP contribution in [-0.2, 0) is 11.4 Å². The highest BCUT2D eigenvalue weighted by Gasteiger charge is 2.17. The van der Waals surface area contributed by atoms with Crippen LogP contribution in [0.3, 0.4) is 0 Å². The van der Waals surface area contributed by atoms with Gasteiger partial charge in [0.25, 0.3) is 5.91 Å². The van der Waals surface area contributed by atoms with Crippen molar-refractivity contribution in [1.82, 2.24) is 20.2 Å². The first-order valence-corrected chi connectivity index (χ1v) is 13.5. The molecule has 7 nitrogen and oxygen atoms in total. The van der Waals surface area contributed by atoms with E-state index in [0.717, 1.165) is 28.1 Å².